The summed E-state index contributed by atoms with van der Waals surface area (Å²) in [6, 6.07) is 9.06. The van der Waals surface area contributed by atoms with Crippen molar-refractivity contribution in [2.45, 2.75) is 32.7 Å². The van der Waals surface area contributed by atoms with Crippen LogP contribution in [0.5, 0.6) is 0 Å². The summed E-state index contributed by atoms with van der Waals surface area (Å²) in [5.74, 6) is 0.624. The third-order valence-corrected chi connectivity index (χ3v) is 3.92. The molecule has 1 fully saturated rings. The summed E-state index contributed by atoms with van der Waals surface area (Å²) in [6.07, 6.45) is 3.15. The van der Waals surface area contributed by atoms with Crippen molar-refractivity contribution in [2.24, 2.45) is 0 Å². The molecule has 0 radical (unpaired) electrons. The Morgan fingerprint density at radius 2 is 1.96 bits per heavy atom. The lowest BCUT2D eigenvalue weighted by atomic mass is 10.2. The zero-order valence-corrected chi connectivity index (χ0v) is 13.3. The summed E-state index contributed by atoms with van der Waals surface area (Å²) in [5, 5.41) is 7.06. The van der Waals surface area contributed by atoms with Gasteiger partial charge in [0.1, 0.15) is 5.82 Å². The molecule has 1 aliphatic heterocycles. The maximum atomic E-state index is 12.4. The monoisotopic (exact) mass is 312 g/mol. The Balaban J connectivity index is 1.73. The number of benzene rings is 1. The molecule has 23 heavy (non-hydrogen) atoms. The van der Waals surface area contributed by atoms with Gasteiger partial charge in [0.25, 0.3) is 5.91 Å². The highest BCUT2D eigenvalue weighted by molar-refractivity contribution is 6.04. The summed E-state index contributed by atoms with van der Waals surface area (Å²) in [7, 11) is 0. The van der Waals surface area contributed by atoms with E-state index in [1.54, 1.807) is 34.0 Å². The normalized spacial score (nSPS) is 14.6. The molecule has 0 saturated carbocycles. The van der Waals surface area contributed by atoms with Crippen molar-refractivity contribution in [3.05, 3.63) is 42.1 Å². The number of hydrogen-bond acceptors (Lipinski definition) is 3. The third-order valence-electron chi connectivity index (χ3n) is 3.92. The molecule has 1 aromatic heterocycles. The van der Waals surface area contributed by atoms with Crippen LogP contribution in [0.15, 0.2) is 36.5 Å². The predicted molar refractivity (Wildman–Crippen MR) is 88.6 cm³/mol. The number of nitrogens with zero attached hydrogens (tertiary/aromatic N) is 3. The van der Waals surface area contributed by atoms with Crippen LogP contribution >= 0.6 is 0 Å². The molecule has 1 saturated heterocycles. The van der Waals surface area contributed by atoms with Gasteiger partial charge >= 0.3 is 0 Å². The molecule has 0 unspecified atom stereocenters. The Labute approximate surface area is 135 Å². The van der Waals surface area contributed by atoms with E-state index in [9.17, 15) is 9.59 Å². The Bertz CT molecular complexity index is 718. The number of amides is 2. The van der Waals surface area contributed by atoms with Gasteiger partial charge in [0, 0.05) is 36.3 Å². The molecule has 0 atom stereocenters. The molecule has 6 heteroatoms. The highest BCUT2D eigenvalue weighted by Gasteiger charge is 2.21. The van der Waals surface area contributed by atoms with Gasteiger partial charge < -0.3 is 10.2 Å². The van der Waals surface area contributed by atoms with Crippen LogP contribution in [-0.2, 0) is 4.79 Å². The summed E-state index contributed by atoms with van der Waals surface area (Å²) < 4.78 is 1.76. The fourth-order valence-electron chi connectivity index (χ4n) is 2.73. The summed E-state index contributed by atoms with van der Waals surface area (Å²) >= 11 is 0. The van der Waals surface area contributed by atoms with Crippen molar-refractivity contribution in [2.75, 3.05) is 16.8 Å². The topological polar surface area (TPSA) is 67.2 Å². The van der Waals surface area contributed by atoms with E-state index < -0.39 is 0 Å². The lowest BCUT2D eigenvalue weighted by molar-refractivity contribution is -0.117. The second kappa shape index (κ2) is 6.24. The smallest absolute Gasteiger partial charge is 0.256 e. The minimum atomic E-state index is -0.188. The average molecular weight is 312 g/mol. The zero-order chi connectivity index (χ0) is 16.4. The number of aromatic nitrogens is 2. The molecule has 0 aliphatic carbocycles. The minimum absolute atomic E-state index is 0.142. The van der Waals surface area contributed by atoms with Crippen LogP contribution in [0.4, 0.5) is 11.5 Å². The maximum Gasteiger partial charge on any atom is 0.256 e. The maximum absolute atomic E-state index is 12.4. The summed E-state index contributed by atoms with van der Waals surface area (Å²) in [6.45, 7) is 4.76. The third kappa shape index (κ3) is 3.11. The van der Waals surface area contributed by atoms with E-state index in [0.717, 1.165) is 18.7 Å². The molecular formula is C17H20N4O2. The van der Waals surface area contributed by atoms with E-state index in [4.69, 9.17) is 0 Å². The first-order valence-corrected chi connectivity index (χ1v) is 7.81. The van der Waals surface area contributed by atoms with Gasteiger partial charge in [-0.05, 0) is 44.5 Å². The highest BCUT2D eigenvalue weighted by Crippen LogP contribution is 2.22. The van der Waals surface area contributed by atoms with Crippen molar-refractivity contribution < 1.29 is 9.59 Å². The lowest BCUT2D eigenvalue weighted by Gasteiger charge is -2.16. The van der Waals surface area contributed by atoms with Gasteiger partial charge in [-0.15, -0.1) is 0 Å². The Kier molecular flexibility index (Phi) is 4.14. The molecule has 1 aliphatic rings. The molecule has 0 bridgehead atoms. The van der Waals surface area contributed by atoms with Gasteiger partial charge in [-0.25, -0.2) is 4.68 Å². The first-order valence-electron chi connectivity index (χ1n) is 7.81. The molecule has 0 spiro atoms. The molecule has 6 nitrogen and oxygen atoms in total. The molecule has 2 aromatic rings. The fraction of sp³-hybridized carbons (Fsp3) is 0.353. The van der Waals surface area contributed by atoms with Crippen LogP contribution in [0.3, 0.4) is 0 Å². The highest BCUT2D eigenvalue weighted by atomic mass is 16.2. The number of nitrogens with one attached hydrogen (secondary N) is 1. The van der Waals surface area contributed by atoms with Gasteiger partial charge in [-0.2, -0.15) is 5.10 Å². The van der Waals surface area contributed by atoms with Crippen LogP contribution in [0, 0.1) is 0 Å². The van der Waals surface area contributed by atoms with E-state index in [0.29, 0.717) is 17.8 Å². The van der Waals surface area contributed by atoms with E-state index in [-0.39, 0.29) is 17.9 Å². The number of carbonyl (C=O) groups excluding carboxylic acids is 2. The summed E-state index contributed by atoms with van der Waals surface area (Å²) in [5.41, 5.74) is 1.40. The fourth-order valence-corrected chi connectivity index (χ4v) is 2.73. The minimum Gasteiger partial charge on any atom is -0.312 e. The van der Waals surface area contributed by atoms with Crippen molar-refractivity contribution in [1.82, 2.24) is 9.78 Å². The van der Waals surface area contributed by atoms with Crippen LogP contribution in [-0.4, -0.2) is 28.1 Å². The van der Waals surface area contributed by atoms with E-state index in [2.05, 4.69) is 10.4 Å². The Morgan fingerprint density at radius 3 is 2.57 bits per heavy atom. The number of anilines is 2. The summed E-state index contributed by atoms with van der Waals surface area (Å²) in [4.78, 5) is 25.9. The number of rotatable bonds is 4. The van der Waals surface area contributed by atoms with Gasteiger partial charge in [-0.1, -0.05) is 0 Å². The zero-order valence-electron chi connectivity index (χ0n) is 13.3. The van der Waals surface area contributed by atoms with Gasteiger partial charge in [0.2, 0.25) is 5.91 Å². The van der Waals surface area contributed by atoms with E-state index in [1.165, 1.54) is 0 Å². The standard InChI is InChI=1S/C17H20N4O2/c1-12(2)21-15(9-10-18-21)19-17(23)13-5-7-14(8-6-13)20-11-3-4-16(20)22/h5-10,12H,3-4,11H2,1-2H3,(H,19,23). The van der Waals surface area contributed by atoms with Crippen molar-refractivity contribution in [3.8, 4) is 0 Å². The SMILES string of the molecule is CC(C)n1nccc1NC(=O)c1ccc(N2CCCC2=O)cc1. The van der Waals surface area contributed by atoms with Gasteiger partial charge in [-0.3, -0.25) is 9.59 Å². The second-order valence-corrected chi connectivity index (χ2v) is 5.90. The van der Waals surface area contributed by atoms with Crippen LogP contribution < -0.4 is 10.2 Å². The molecule has 3 rings (SSSR count). The molecule has 2 heterocycles. The van der Waals surface area contributed by atoms with Crippen molar-refractivity contribution >= 4 is 23.3 Å². The lowest BCUT2D eigenvalue weighted by Crippen LogP contribution is -2.23. The van der Waals surface area contributed by atoms with Crippen LogP contribution in [0.2, 0.25) is 0 Å². The second-order valence-electron chi connectivity index (χ2n) is 5.90. The number of carbonyl (C=O) groups is 2. The van der Waals surface area contributed by atoms with Crippen LogP contribution in [0.25, 0.3) is 0 Å². The molecule has 2 amide bonds. The van der Waals surface area contributed by atoms with Crippen molar-refractivity contribution in [3.63, 3.8) is 0 Å². The Morgan fingerprint density at radius 1 is 1.22 bits per heavy atom. The van der Waals surface area contributed by atoms with Crippen molar-refractivity contribution in [1.29, 1.82) is 0 Å². The van der Waals surface area contributed by atoms with E-state index >= 15 is 0 Å². The largest absolute Gasteiger partial charge is 0.312 e. The first-order chi connectivity index (χ1) is 11.1. The first kappa shape index (κ1) is 15.3. The van der Waals surface area contributed by atoms with Crippen LogP contribution in [0.1, 0.15) is 43.1 Å². The average Bonchev–Trinajstić information content (AvgIpc) is 3.16. The van der Waals surface area contributed by atoms with Gasteiger partial charge in [0.15, 0.2) is 0 Å². The Hall–Kier alpha value is -2.63. The van der Waals surface area contributed by atoms with E-state index in [1.807, 2.05) is 26.0 Å². The number of hydrogen-bond donors (Lipinski definition) is 1. The molecule has 1 aromatic carbocycles. The quantitative estimate of drug-likeness (QED) is 0.944. The molecular weight excluding hydrogens is 292 g/mol. The molecule has 1 N–H and O–H groups in total. The van der Waals surface area contributed by atoms with Gasteiger partial charge in [0.05, 0.1) is 6.20 Å². The predicted octanol–water partition coefficient (Wildman–Crippen LogP) is 2.84. The molecule has 120 valence electrons.